The number of rotatable bonds is 16. The number of carbonyl (C=O) groups excluding carboxylic acids is 4. The van der Waals surface area contributed by atoms with Crippen LogP contribution in [0.5, 0.6) is 0 Å². The van der Waals surface area contributed by atoms with Crippen molar-refractivity contribution in [1.29, 1.82) is 0 Å². The topological polar surface area (TPSA) is 125 Å². The second kappa shape index (κ2) is 15.4. The summed E-state index contributed by atoms with van der Waals surface area (Å²) in [6.45, 7) is 23.6. The summed E-state index contributed by atoms with van der Waals surface area (Å²) >= 11 is 0. The molecular weight excluding hydrogens is 634 g/mol. The van der Waals surface area contributed by atoms with E-state index in [0.29, 0.717) is 31.2 Å². The molecule has 1 spiro atoms. The molecule has 3 amide bonds. The first kappa shape index (κ1) is 39.3. The molecule has 8 atom stereocenters. The highest BCUT2D eigenvalue weighted by Crippen LogP contribution is 2.60. The minimum atomic E-state index is -1.27. The van der Waals surface area contributed by atoms with Crippen molar-refractivity contribution in [2.24, 2.45) is 23.2 Å². The van der Waals surface area contributed by atoms with Crippen molar-refractivity contribution in [2.75, 3.05) is 13.2 Å². The van der Waals surface area contributed by atoms with Crippen LogP contribution >= 0.6 is 0 Å². The number of benzene rings is 1. The zero-order valence-electron chi connectivity index (χ0n) is 31.3. The van der Waals surface area contributed by atoms with Crippen molar-refractivity contribution < 1.29 is 33.8 Å². The van der Waals surface area contributed by atoms with E-state index in [1.165, 1.54) is 4.90 Å². The first-order valence-corrected chi connectivity index (χ1v) is 18.1. The maximum Gasteiger partial charge on any atom is 0.313 e. The zero-order valence-corrected chi connectivity index (χ0v) is 31.3. The Balaban J connectivity index is 1.75. The molecule has 2 N–H and O–H groups in total. The number of fused-ring (bicyclic) bond motifs is 1. The molecule has 0 saturated carbocycles. The van der Waals surface area contributed by atoms with Gasteiger partial charge in [-0.05, 0) is 63.4 Å². The third kappa shape index (κ3) is 7.71. The molecule has 3 fully saturated rings. The molecule has 3 aliphatic rings. The van der Waals surface area contributed by atoms with E-state index < -0.39 is 59.3 Å². The van der Waals surface area contributed by atoms with Crippen LogP contribution in [0.2, 0.25) is 0 Å². The molecule has 1 aromatic carbocycles. The van der Waals surface area contributed by atoms with Gasteiger partial charge < -0.3 is 29.7 Å². The lowest BCUT2D eigenvalue weighted by Gasteiger charge is -2.46. The number of nitrogens with zero attached hydrogens (tertiary/aromatic N) is 2. The molecule has 0 unspecified atom stereocenters. The summed E-state index contributed by atoms with van der Waals surface area (Å²) in [4.78, 5) is 60.2. The summed E-state index contributed by atoms with van der Waals surface area (Å²) in [5.41, 5.74) is -1.28. The fourth-order valence-corrected chi connectivity index (χ4v) is 8.86. The van der Waals surface area contributed by atoms with Crippen LogP contribution in [-0.4, -0.2) is 87.1 Å². The average molecular weight is 694 g/mol. The number of nitrogens with one attached hydrogen (secondary N) is 1. The van der Waals surface area contributed by atoms with Gasteiger partial charge in [0.05, 0.1) is 36.6 Å². The van der Waals surface area contributed by atoms with E-state index in [-0.39, 0.29) is 48.6 Å². The minimum Gasteiger partial charge on any atom is -0.455 e. The number of ether oxygens (including phenoxy) is 2. The Morgan fingerprint density at radius 2 is 1.78 bits per heavy atom. The van der Waals surface area contributed by atoms with Gasteiger partial charge in [0.1, 0.15) is 17.7 Å². The third-order valence-corrected chi connectivity index (χ3v) is 10.6. The highest BCUT2D eigenvalue weighted by atomic mass is 16.6. The Hall–Kier alpha value is -3.50. The molecule has 3 heterocycles. The summed E-state index contributed by atoms with van der Waals surface area (Å²) in [5.74, 6) is -3.57. The van der Waals surface area contributed by atoms with Gasteiger partial charge in [-0.2, -0.15) is 0 Å². The Morgan fingerprint density at radius 1 is 1.12 bits per heavy atom. The highest BCUT2D eigenvalue weighted by Gasteiger charge is 2.76. The van der Waals surface area contributed by atoms with Gasteiger partial charge in [-0.25, -0.2) is 0 Å². The van der Waals surface area contributed by atoms with Crippen molar-refractivity contribution in [2.45, 2.75) is 129 Å². The van der Waals surface area contributed by atoms with Crippen LogP contribution in [-0.2, 0) is 28.7 Å². The van der Waals surface area contributed by atoms with Crippen LogP contribution in [0.25, 0.3) is 0 Å². The third-order valence-electron chi connectivity index (χ3n) is 10.6. The normalized spacial score (nSPS) is 26.3. The fraction of sp³-hybridized carbons (Fsp3) is 0.650. The Morgan fingerprint density at radius 3 is 2.34 bits per heavy atom. The second-order valence-corrected chi connectivity index (χ2v) is 16.5. The largest absolute Gasteiger partial charge is 0.455 e. The molecule has 1 aromatic rings. The van der Waals surface area contributed by atoms with Gasteiger partial charge in [0.25, 0.3) is 0 Å². The standard InChI is InChI=1S/C40H59N3O7/c1-11-13-19-30(45)41-26(5)33(27-17-15-14-16-18-27)49-37(48)31-29-20-21-40(50-29)32(31)35(46)43(28(23-44)25(3)4)34(40)36(47)42(22-12-2)39(9,10)24-38(6,7)8/h11-12,14-18,25-26,28-29,31-34,44H,1-2,13,19-24H2,3-10H3,(H,41,45)/t26-,28-,29+,31-,32-,33-,34+,40-/m0/s1. The zero-order chi connectivity index (χ0) is 37.2. The molecule has 10 nitrogen and oxygen atoms in total. The van der Waals surface area contributed by atoms with Gasteiger partial charge in [0.2, 0.25) is 17.7 Å². The lowest BCUT2D eigenvalue weighted by molar-refractivity contribution is -0.163. The quantitative estimate of drug-likeness (QED) is 0.176. The number of esters is 1. The Labute approximate surface area is 298 Å². The molecule has 2 bridgehead atoms. The van der Waals surface area contributed by atoms with Gasteiger partial charge in [0.15, 0.2) is 0 Å². The van der Waals surface area contributed by atoms with E-state index in [9.17, 15) is 19.5 Å². The number of hydrogen-bond donors (Lipinski definition) is 2. The summed E-state index contributed by atoms with van der Waals surface area (Å²) in [6, 6.07) is 6.91. The molecule has 3 aliphatic heterocycles. The van der Waals surface area contributed by atoms with E-state index in [1.54, 1.807) is 24.0 Å². The molecule has 0 aliphatic carbocycles. The number of hydrogen-bond acceptors (Lipinski definition) is 7. The predicted octanol–water partition coefficient (Wildman–Crippen LogP) is 5.36. The number of aliphatic hydroxyl groups excluding tert-OH is 1. The molecular formula is C40H59N3O7. The summed E-state index contributed by atoms with van der Waals surface area (Å²) in [6.07, 6.45) is 4.26. The van der Waals surface area contributed by atoms with Gasteiger partial charge in [-0.15, -0.1) is 13.2 Å². The van der Waals surface area contributed by atoms with Crippen LogP contribution in [0.3, 0.4) is 0 Å². The number of likely N-dealkylation sites (tertiary alicyclic amines) is 1. The molecule has 4 rings (SSSR count). The molecule has 0 aromatic heterocycles. The summed E-state index contributed by atoms with van der Waals surface area (Å²) in [7, 11) is 0. The van der Waals surface area contributed by atoms with E-state index in [0.717, 1.165) is 0 Å². The van der Waals surface area contributed by atoms with Gasteiger partial charge in [0, 0.05) is 18.5 Å². The molecule has 3 saturated heterocycles. The molecule has 50 heavy (non-hydrogen) atoms. The second-order valence-electron chi connectivity index (χ2n) is 16.5. The predicted molar refractivity (Wildman–Crippen MR) is 193 cm³/mol. The minimum absolute atomic E-state index is 0.102. The smallest absolute Gasteiger partial charge is 0.313 e. The molecule has 10 heteroatoms. The van der Waals surface area contributed by atoms with Crippen LogP contribution < -0.4 is 5.32 Å². The first-order valence-electron chi connectivity index (χ1n) is 18.1. The Bertz CT molecular complexity index is 1420. The summed E-state index contributed by atoms with van der Waals surface area (Å²) < 4.78 is 13.0. The van der Waals surface area contributed by atoms with Gasteiger partial charge in [-0.3, -0.25) is 19.2 Å². The van der Waals surface area contributed by atoms with Crippen LogP contribution in [0, 0.1) is 23.2 Å². The lowest BCUT2D eigenvalue weighted by Crippen LogP contribution is -2.63. The van der Waals surface area contributed by atoms with E-state index in [2.05, 4.69) is 39.2 Å². The maximum absolute atomic E-state index is 15.1. The van der Waals surface area contributed by atoms with Crippen molar-refractivity contribution in [3.8, 4) is 0 Å². The highest BCUT2D eigenvalue weighted by molar-refractivity contribution is 5.98. The van der Waals surface area contributed by atoms with Gasteiger partial charge >= 0.3 is 5.97 Å². The van der Waals surface area contributed by atoms with E-state index >= 15 is 4.79 Å². The lowest BCUT2D eigenvalue weighted by atomic mass is 9.70. The van der Waals surface area contributed by atoms with E-state index in [1.807, 2.05) is 58.0 Å². The van der Waals surface area contributed by atoms with E-state index in [4.69, 9.17) is 9.47 Å². The fourth-order valence-electron chi connectivity index (χ4n) is 8.86. The van der Waals surface area contributed by atoms with Gasteiger partial charge in [-0.1, -0.05) is 77.1 Å². The van der Waals surface area contributed by atoms with Crippen LogP contribution in [0.15, 0.2) is 55.6 Å². The van der Waals surface area contributed by atoms with Crippen molar-refractivity contribution in [1.82, 2.24) is 15.1 Å². The summed E-state index contributed by atoms with van der Waals surface area (Å²) in [5, 5.41) is 13.6. The number of aliphatic hydroxyl groups is 1. The monoisotopic (exact) mass is 693 g/mol. The number of amides is 3. The maximum atomic E-state index is 15.1. The SMILES string of the molecule is C=CCCC(=O)N[C@@H](C)[C@H](OC(=O)[C@@H]1[C@H]2C(=O)N([C@@H](CO)C(C)C)[C@H](C(=O)N(CC=C)C(C)(C)CC(C)(C)C)[C@]23CC[C@H]1O3)c1ccccc1. The molecule has 276 valence electrons. The number of carbonyl (C=O) groups is 4. The molecule has 0 radical (unpaired) electrons. The van der Waals surface area contributed by atoms with Crippen molar-refractivity contribution in [3.05, 3.63) is 61.2 Å². The van der Waals surface area contributed by atoms with Crippen LogP contribution in [0.1, 0.15) is 99.2 Å². The number of allylic oxidation sites excluding steroid dienone is 1. The van der Waals surface area contributed by atoms with Crippen LogP contribution in [0.4, 0.5) is 0 Å². The van der Waals surface area contributed by atoms with Crippen molar-refractivity contribution in [3.63, 3.8) is 0 Å². The Kier molecular flexibility index (Phi) is 12.1. The van der Waals surface area contributed by atoms with Crippen molar-refractivity contribution >= 4 is 23.7 Å². The average Bonchev–Trinajstić information content (AvgIpc) is 3.68. The first-order chi connectivity index (χ1) is 23.4.